The molecule has 7 heteroatoms. The molecule has 1 N–H and O–H groups in total. The first kappa shape index (κ1) is 19.5. The normalized spacial score (nSPS) is 12.9. The lowest BCUT2D eigenvalue weighted by Gasteiger charge is -2.15. The van der Waals surface area contributed by atoms with E-state index in [4.69, 9.17) is 25.6 Å². The predicted octanol–water partition coefficient (Wildman–Crippen LogP) is 4.28. The molecule has 6 nitrogen and oxygen atoms in total. The Bertz CT molecular complexity index is 710. The van der Waals surface area contributed by atoms with Gasteiger partial charge in [-0.2, -0.15) is 4.98 Å². The van der Waals surface area contributed by atoms with Gasteiger partial charge in [-0.25, -0.2) is 0 Å². The van der Waals surface area contributed by atoms with Gasteiger partial charge in [0.2, 0.25) is 5.89 Å². The molecular weight excluding hydrogens is 342 g/mol. The van der Waals surface area contributed by atoms with Gasteiger partial charge in [0.15, 0.2) is 17.3 Å². The summed E-state index contributed by atoms with van der Waals surface area (Å²) in [4.78, 5) is 4.47. The molecule has 0 amide bonds. The van der Waals surface area contributed by atoms with Gasteiger partial charge in [0.05, 0.1) is 24.8 Å². The number of nitrogens with zero attached hydrogens (tertiary/aromatic N) is 2. The molecule has 25 heavy (non-hydrogen) atoms. The lowest BCUT2D eigenvalue weighted by Crippen LogP contribution is -2.19. The summed E-state index contributed by atoms with van der Waals surface area (Å²) < 4.78 is 16.3. The van der Waals surface area contributed by atoms with E-state index in [0.717, 1.165) is 5.56 Å². The molecule has 0 radical (unpaired) electrons. The van der Waals surface area contributed by atoms with Crippen LogP contribution in [0.2, 0.25) is 5.02 Å². The third kappa shape index (κ3) is 4.86. The van der Waals surface area contributed by atoms with E-state index in [1.54, 1.807) is 7.11 Å². The minimum absolute atomic E-state index is 0.0834. The Balaban J connectivity index is 2.08. The number of aromatic nitrogens is 2. The van der Waals surface area contributed by atoms with Gasteiger partial charge in [-0.3, -0.25) is 0 Å². The maximum atomic E-state index is 6.30. The van der Waals surface area contributed by atoms with Crippen molar-refractivity contribution in [1.82, 2.24) is 15.5 Å². The van der Waals surface area contributed by atoms with Crippen LogP contribution in [0.15, 0.2) is 16.7 Å². The standard InChI is InChI=1S/C18H26ClN3O3/c1-7-24-15-13(19)8-12(9-14(15)23-6)10-20-11(2)16-21-17(22-25-16)18(3,4)5/h8-9,11,20H,7,10H2,1-6H3. The van der Waals surface area contributed by atoms with Crippen molar-refractivity contribution in [2.75, 3.05) is 13.7 Å². The number of hydrogen-bond donors (Lipinski definition) is 1. The van der Waals surface area contributed by atoms with Crippen LogP contribution in [0.1, 0.15) is 57.9 Å². The van der Waals surface area contributed by atoms with Gasteiger partial charge in [0.1, 0.15) is 0 Å². The van der Waals surface area contributed by atoms with E-state index in [-0.39, 0.29) is 11.5 Å². The number of ether oxygens (including phenoxy) is 2. The molecule has 0 aliphatic heterocycles. The van der Waals surface area contributed by atoms with Crippen molar-refractivity contribution in [2.45, 2.75) is 52.6 Å². The number of methoxy groups -OCH3 is 1. The van der Waals surface area contributed by atoms with E-state index in [9.17, 15) is 0 Å². The Morgan fingerprint density at radius 1 is 1.32 bits per heavy atom. The fourth-order valence-corrected chi connectivity index (χ4v) is 2.52. The molecule has 1 aromatic carbocycles. The summed E-state index contributed by atoms with van der Waals surface area (Å²) in [6.07, 6.45) is 0. The molecular formula is C18H26ClN3O3. The second-order valence-corrected chi connectivity index (χ2v) is 7.26. The maximum absolute atomic E-state index is 6.30. The van der Waals surface area contributed by atoms with Crippen LogP contribution in [0.3, 0.4) is 0 Å². The third-order valence-electron chi connectivity index (χ3n) is 3.67. The van der Waals surface area contributed by atoms with Gasteiger partial charge in [-0.1, -0.05) is 37.5 Å². The smallest absolute Gasteiger partial charge is 0.243 e. The largest absolute Gasteiger partial charge is 0.493 e. The number of benzene rings is 1. The van der Waals surface area contributed by atoms with Gasteiger partial charge in [-0.15, -0.1) is 0 Å². The molecule has 1 heterocycles. The van der Waals surface area contributed by atoms with Crippen LogP contribution in [0.4, 0.5) is 0 Å². The molecule has 2 rings (SSSR count). The van der Waals surface area contributed by atoms with Crippen LogP contribution >= 0.6 is 11.6 Å². The van der Waals surface area contributed by atoms with E-state index >= 15 is 0 Å². The highest BCUT2D eigenvalue weighted by molar-refractivity contribution is 6.32. The van der Waals surface area contributed by atoms with E-state index in [2.05, 4.69) is 15.5 Å². The SMILES string of the molecule is CCOc1c(Cl)cc(CNC(C)c2nc(C(C)(C)C)no2)cc1OC. The molecule has 0 aliphatic rings. The summed E-state index contributed by atoms with van der Waals surface area (Å²) in [6.45, 7) is 11.1. The molecule has 0 aliphatic carbocycles. The average Bonchev–Trinajstić information content (AvgIpc) is 3.05. The Morgan fingerprint density at radius 3 is 2.60 bits per heavy atom. The van der Waals surface area contributed by atoms with Crippen molar-refractivity contribution in [2.24, 2.45) is 0 Å². The molecule has 0 saturated heterocycles. The number of nitrogens with one attached hydrogen (secondary N) is 1. The van der Waals surface area contributed by atoms with Crippen molar-refractivity contribution in [3.05, 3.63) is 34.4 Å². The number of halogens is 1. The predicted molar refractivity (Wildman–Crippen MR) is 97.4 cm³/mol. The molecule has 1 unspecified atom stereocenters. The van der Waals surface area contributed by atoms with Gasteiger partial charge in [-0.05, 0) is 31.5 Å². The molecule has 0 fully saturated rings. The van der Waals surface area contributed by atoms with Gasteiger partial charge < -0.3 is 19.3 Å². The molecule has 0 saturated carbocycles. The van der Waals surface area contributed by atoms with Crippen LogP contribution in [0.5, 0.6) is 11.5 Å². The van der Waals surface area contributed by atoms with Crippen LogP contribution in [-0.2, 0) is 12.0 Å². The van der Waals surface area contributed by atoms with Crippen molar-refractivity contribution < 1.29 is 14.0 Å². The van der Waals surface area contributed by atoms with E-state index in [1.165, 1.54) is 0 Å². The van der Waals surface area contributed by atoms with Crippen molar-refractivity contribution in [3.63, 3.8) is 0 Å². The maximum Gasteiger partial charge on any atom is 0.243 e. The van der Waals surface area contributed by atoms with Gasteiger partial charge in [0.25, 0.3) is 0 Å². The third-order valence-corrected chi connectivity index (χ3v) is 3.95. The second kappa shape index (κ2) is 8.06. The Labute approximate surface area is 153 Å². The van der Waals surface area contributed by atoms with Gasteiger partial charge in [0, 0.05) is 12.0 Å². The topological polar surface area (TPSA) is 69.4 Å². The van der Waals surface area contributed by atoms with Crippen LogP contribution in [0.25, 0.3) is 0 Å². The lowest BCUT2D eigenvalue weighted by atomic mass is 9.96. The zero-order chi connectivity index (χ0) is 18.6. The molecule has 1 aromatic heterocycles. The van der Waals surface area contributed by atoms with Crippen molar-refractivity contribution >= 4 is 11.6 Å². The van der Waals surface area contributed by atoms with Crippen molar-refractivity contribution in [3.8, 4) is 11.5 Å². The average molecular weight is 368 g/mol. The Hall–Kier alpha value is -1.79. The minimum Gasteiger partial charge on any atom is -0.493 e. The van der Waals surface area contributed by atoms with Crippen molar-refractivity contribution in [1.29, 1.82) is 0 Å². The highest BCUT2D eigenvalue weighted by Crippen LogP contribution is 2.36. The summed E-state index contributed by atoms with van der Waals surface area (Å²) >= 11 is 6.30. The number of rotatable bonds is 7. The van der Waals surface area contributed by atoms with E-state index < -0.39 is 0 Å². The zero-order valence-electron chi connectivity index (χ0n) is 15.6. The highest BCUT2D eigenvalue weighted by atomic mass is 35.5. The Kier molecular flexibility index (Phi) is 6.30. The second-order valence-electron chi connectivity index (χ2n) is 6.85. The summed E-state index contributed by atoms with van der Waals surface area (Å²) in [5.41, 5.74) is 0.838. The highest BCUT2D eigenvalue weighted by Gasteiger charge is 2.23. The lowest BCUT2D eigenvalue weighted by molar-refractivity contribution is 0.310. The monoisotopic (exact) mass is 367 g/mol. The van der Waals surface area contributed by atoms with E-state index in [1.807, 2.05) is 46.8 Å². The van der Waals surface area contributed by atoms with Gasteiger partial charge >= 0.3 is 0 Å². The van der Waals surface area contributed by atoms with Crippen LogP contribution in [-0.4, -0.2) is 23.9 Å². The summed E-state index contributed by atoms with van der Waals surface area (Å²) in [7, 11) is 1.60. The van der Waals surface area contributed by atoms with Crippen LogP contribution in [0, 0.1) is 0 Å². The fourth-order valence-electron chi connectivity index (χ4n) is 2.23. The molecule has 1 atom stereocenters. The number of hydrogen-bond acceptors (Lipinski definition) is 6. The minimum atomic E-state index is -0.141. The quantitative estimate of drug-likeness (QED) is 0.787. The fraction of sp³-hybridized carbons (Fsp3) is 0.556. The Morgan fingerprint density at radius 2 is 2.04 bits per heavy atom. The molecule has 2 aromatic rings. The molecule has 138 valence electrons. The van der Waals surface area contributed by atoms with Crippen LogP contribution < -0.4 is 14.8 Å². The van der Waals surface area contributed by atoms with E-state index in [0.29, 0.717) is 41.4 Å². The molecule has 0 spiro atoms. The summed E-state index contributed by atoms with van der Waals surface area (Å²) in [5.74, 6) is 2.44. The molecule has 0 bridgehead atoms. The first-order valence-electron chi connectivity index (χ1n) is 8.33. The first-order valence-corrected chi connectivity index (χ1v) is 8.70. The zero-order valence-corrected chi connectivity index (χ0v) is 16.4. The first-order chi connectivity index (χ1) is 11.8. The summed E-state index contributed by atoms with van der Waals surface area (Å²) in [6, 6.07) is 3.69. The summed E-state index contributed by atoms with van der Waals surface area (Å²) in [5, 5.41) is 7.94.